The molecule has 2 atom stereocenters. The van der Waals surface area contributed by atoms with Crippen molar-refractivity contribution in [2.24, 2.45) is 0 Å². The molecule has 2 rings (SSSR count). The largest absolute Gasteiger partial charge is 0.478 e. The van der Waals surface area contributed by atoms with Gasteiger partial charge in [0.25, 0.3) is 0 Å². The summed E-state index contributed by atoms with van der Waals surface area (Å²) in [4.78, 5) is 20.9. The molecule has 0 radical (unpaired) electrons. The zero-order valence-electron chi connectivity index (χ0n) is 11.8. The molecule has 2 fully saturated rings. The molecule has 6 nitrogen and oxygen atoms in total. The molecule has 0 bridgehead atoms. The van der Waals surface area contributed by atoms with Gasteiger partial charge in [-0.25, -0.2) is 9.59 Å². The second-order valence-electron chi connectivity index (χ2n) is 4.72. The number of carbonyl (C=O) groups is 2. The van der Waals surface area contributed by atoms with Crippen LogP contribution in [-0.2, 0) is 23.8 Å². The van der Waals surface area contributed by atoms with Gasteiger partial charge in [0.1, 0.15) is 12.7 Å². The summed E-state index contributed by atoms with van der Waals surface area (Å²) in [5, 5.41) is 7.89. The number of epoxide rings is 2. The highest BCUT2D eigenvalue weighted by Crippen LogP contribution is 2.15. The number of rotatable bonds is 6. The molecular formula is C14H20O6. The van der Waals surface area contributed by atoms with Gasteiger partial charge >= 0.3 is 11.9 Å². The minimum atomic E-state index is -0.935. The second-order valence-corrected chi connectivity index (χ2v) is 4.72. The lowest BCUT2D eigenvalue weighted by molar-refractivity contribution is -0.139. The minimum absolute atomic E-state index is 0.138. The SMILES string of the molecule is C=C(C)C(=O)O.CC(=CCC1CO1)C(=O)OCC1CO1. The van der Waals surface area contributed by atoms with Crippen LogP contribution in [0.4, 0.5) is 0 Å². The maximum atomic E-state index is 11.3. The number of carboxylic acids is 1. The Morgan fingerprint density at radius 3 is 2.20 bits per heavy atom. The van der Waals surface area contributed by atoms with E-state index in [2.05, 4.69) is 6.58 Å². The lowest BCUT2D eigenvalue weighted by atomic mass is 10.2. The molecule has 2 aliphatic rings. The van der Waals surface area contributed by atoms with Crippen LogP contribution in [0.3, 0.4) is 0 Å². The first-order valence-electron chi connectivity index (χ1n) is 6.36. The summed E-state index contributed by atoms with van der Waals surface area (Å²) < 4.78 is 15.0. The summed E-state index contributed by atoms with van der Waals surface area (Å²) >= 11 is 0. The third kappa shape index (κ3) is 7.70. The van der Waals surface area contributed by atoms with Crippen molar-refractivity contribution in [2.75, 3.05) is 19.8 Å². The van der Waals surface area contributed by atoms with Crippen LogP contribution in [0.2, 0.25) is 0 Å². The van der Waals surface area contributed by atoms with Crippen molar-refractivity contribution in [3.63, 3.8) is 0 Å². The molecular weight excluding hydrogens is 264 g/mol. The van der Waals surface area contributed by atoms with Crippen molar-refractivity contribution < 1.29 is 28.9 Å². The normalized spacial score (nSPS) is 23.2. The number of hydrogen-bond donors (Lipinski definition) is 1. The molecule has 2 unspecified atom stereocenters. The molecule has 0 aliphatic carbocycles. The van der Waals surface area contributed by atoms with Crippen molar-refractivity contribution in [1.82, 2.24) is 0 Å². The quantitative estimate of drug-likeness (QED) is 0.449. The van der Waals surface area contributed by atoms with E-state index < -0.39 is 5.97 Å². The third-order valence-corrected chi connectivity index (χ3v) is 2.58. The molecule has 2 aliphatic heterocycles. The van der Waals surface area contributed by atoms with E-state index in [1.165, 1.54) is 6.92 Å². The number of carbonyl (C=O) groups excluding carboxylic acids is 1. The molecule has 0 aromatic carbocycles. The zero-order valence-corrected chi connectivity index (χ0v) is 11.8. The molecule has 1 N–H and O–H groups in total. The summed E-state index contributed by atoms with van der Waals surface area (Å²) in [6, 6.07) is 0. The Labute approximate surface area is 118 Å². The van der Waals surface area contributed by atoms with E-state index >= 15 is 0 Å². The van der Waals surface area contributed by atoms with E-state index in [0.29, 0.717) is 24.9 Å². The highest BCUT2D eigenvalue weighted by molar-refractivity contribution is 5.87. The molecule has 20 heavy (non-hydrogen) atoms. The molecule has 0 spiro atoms. The lowest BCUT2D eigenvalue weighted by Crippen LogP contribution is -2.10. The molecule has 2 saturated heterocycles. The van der Waals surface area contributed by atoms with Gasteiger partial charge in [-0.3, -0.25) is 0 Å². The maximum Gasteiger partial charge on any atom is 0.333 e. The fourth-order valence-corrected chi connectivity index (χ4v) is 1.04. The smallest absolute Gasteiger partial charge is 0.333 e. The predicted octanol–water partition coefficient (Wildman–Crippen LogP) is 1.31. The Bertz CT molecular complexity index is 392. The van der Waals surface area contributed by atoms with E-state index in [-0.39, 0.29) is 17.6 Å². The average Bonchev–Trinajstić information content (AvgIpc) is 3.28. The summed E-state index contributed by atoms with van der Waals surface area (Å²) in [7, 11) is 0. The maximum absolute atomic E-state index is 11.3. The molecule has 0 aromatic heterocycles. The molecule has 112 valence electrons. The fraction of sp³-hybridized carbons (Fsp3) is 0.571. The van der Waals surface area contributed by atoms with Crippen LogP contribution in [0.15, 0.2) is 23.8 Å². The minimum Gasteiger partial charge on any atom is -0.478 e. The Hall–Kier alpha value is -1.66. The van der Waals surface area contributed by atoms with Crippen molar-refractivity contribution in [2.45, 2.75) is 32.5 Å². The van der Waals surface area contributed by atoms with Gasteiger partial charge in [0.05, 0.1) is 19.3 Å². The van der Waals surface area contributed by atoms with Gasteiger partial charge in [-0.2, -0.15) is 0 Å². The van der Waals surface area contributed by atoms with Crippen LogP contribution in [-0.4, -0.2) is 49.1 Å². The second kappa shape index (κ2) is 7.81. The van der Waals surface area contributed by atoms with Gasteiger partial charge in [-0.15, -0.1) is 0 Å². The summed E-state index contributed by atoms with van der Waals surface area (Å²) in [6.07, 6.45) is 3.14. The first-order valence-corrected chi connectivity index (χ1v) is 6.36. The highest BCUT2D eigenvalue weighted by Gasteiger charge is 2.25. The third-order valence-electron chi connectivity index (χ3n) is 2.58. The number of hydrogen-bond acceptors (Lipinski definition) is 5. The number of carboxylic acid groups (broad SMARTS) is 1. The summed E-state index contributed by atoms with van der Waals surface area (Å²) in [5.74, 6) is -1.18. The fourth-order valence-electron chi connectivity index (χ4n) is 1.04. The molecule has 0 amide bonds. The standard InChI is InChI=1S/C10H14O4.C4H6O2/c1-7(2-3-8-4-12-8)10(11)14-6-9-5-13-9;1-3(2)4(5)6/h2,8-9H,3-6H2,1H3;1H2,2H3,(H,5,6). The average molecular weight is 284 g/mol. The van der Waals surface area contributed by atoms with Gasteiger partial charge in [-0.1, -0.05) is 12.7 Å². The first-order chi connectivity index (χ1) is 9.40. The lowest BCUT2D eigenvalue weighted by Gasteiger charge is -2.01. The number of aliphatic carboxylic acids is 1. The van der Waals surface area contributed by atoms with Gasteiger partial charge in [0, 0.05) is 11.1 Å². The van der Waals surface area contributed by atoms with Gasteiger partial charge in [0.2, 0.25) is 0 Å². The van der Waals surface area contributed by atoms with E-state index in [0.717, 1.165) is 13.0 Å². The van der Waals surface area contributed by atoms with Crippen LogP contribution in [0.5, 0.6) is 0 Å². The van der Waals surface area contributed by atoms with Gasteiger partial charge in [0.15, 0.2) is 0 Å². The molecule has 0 aromatic rings. The van der Waals surface area contributed by atoms with Crippen LogP contribution >= 0.6 is 0 Å². The Morgan fingerprint density at radius 2 is 1.80 bits per heavy atom. The van der Waals surface area contributed by atoms with Crippen LogP contribution in [0.1, 0.15) is 20.3 Å². The molecule has 0 saturated carbocycles. The van der Waals surface area contributed by atoms with E-state index in [1.54, 1.807) is 6.92 Å². The Morgan fingerprint density at radius 1 is 1.30 bits per heavy atom. The molecule has 6 heteroatoms. The topological polar surface area (TPSA) is 88.7 Å². The first kappa shape index (κ1) is 16.4. The molecule has 2 heterocycles. The van der Waals surface area contributed by atoms with Crippen LogP contribution < -0.4 is 0 Å². The highest BCUT2D eigenvalue weighted by atomic mass is 16.6. The number of ether oxygens (including phenoxy) is 3. The monoisotopic (exact) mass is 284 g/mol. The van der Waals surface area contributed by atoms with Crippen molar-refractivity contribution in [3.8, 4) is 0 Å². The number of esters is 1. The Balaban J connectivity index is 0.000000286. The van der Waals surface area contributed by atoms with E-state index in [1.807, 2.05) is 6.08 Å². The van der Waals surface area contributed by atoms with Crippen LogP contribution in [0.25, 0.3) is 0 Å². The summed E-state index contributed by atoms with van der Waals surface area (Å²) in [5.41, 5.74) is 0.830. The van der Waals surface area contributed by atoms with Gasteiger partial charge < -0.3 is 19.3 Å². The summed E-state index contributed by atoms with van der Waals surface area (Å²) in [6.45, 7) is 8.27. The van der Waals surface area contributed by atoms with Crippen molar-refractivity contribution >= 4 is 11.9 Å². The van der Waals surface area contributed by atoms with Crippen molar-refractivity contribution in [1.29, 1.82) is 0 Å². The van der Waals surface area contributed by atoms with E-state index in [9.17, 15) is 9.59 Å². The van der Waals surface area contributed by atoms with Crippen LogP contribution in [0, 0.1) is 0 Å². The Kier molecular flexibility index (Phi) is 6.41. The zero-order chi connectivity index (χ0) is 15.1. The van der Waals surface area contributed by atoms with E-state index in [4.69, 9.17) is 19.3 Å². The predicted molar refractivity (Wildman–Crippen MR) is 71.3 cm³/mol. The van der Waals surface area contributed by atoms with Gasteiger partial charge in [-0.05, 0) is 20.3 Å². The van der Waals surface area contributed by atoms with Crippen molar-refractivity contribution in [3.05, 3.63) is 23.8 Å².